The molecule has 0 aromatic carbocycles. The van der Waals surface area contributed by atoms with E-state index >= 15 is 0 Å². The highest BCUT2D eigenvalue weighted by molar-refractivity contribution is 5.83. The highest BCUT2D eigenvalue weighted by Gasteiger charge is 2.41. The molecule has 0 saturated carbocycles. The van der Waals surface area contributed by atoms with Crippen LogP contribution in [0.5, 0.6) is 6.01 Å². The summed E-state index contributed by atoms with van der Waals surface area (Å²) in [5.41, 5.74) is 0.908. The molecule has 3 aromatic heterocycles. The fraction of sp³-hybridized carbons (Fsp3) is 0.600. The van der Waals surface area contributed by atoms with Crippen molar-refractivity contribution in [3.63, 3.8) is 0 Å². The largest absolute Gasteiger partial charge is 0.451 e. The quantitative estimate of drug-likeness (QED) is 0.558. The molecular formula is C15H15F5N8O2. The van der Waals surface area contributed by atoms with Crippen LogP contribution in [-0.2, 0) is 6.54 Å². The first kappa shape index (κ1) is 20.2. The lowest BCUT2D eigenvalue weighted by molar-refractivity contribution is -0.190. The molecule has 1 saturated heterocycles. The van der Waals surface area contributed by atoms with Gasteiger partial charge in [-0.3, -0.25) is 0 Å². The smallest absolute Gasteiger partial charge is 0.425 e. The van der Waals surface area contributed by atoms with E-state index in [-0.39, 0.29) is 30.1 Å². The Kier molecular flexibility index (Phi) is 4.69. The monoisotopic (exact) mass is 434 g/mol. The Morgan fingerprint density at radius 2 is 2.00 bits per heavy atom. The SMILES string of the molecule is Cc1nonc1Cn1nnc2c(N3CCC(F)(F)C3)nc(OC(C)C(F)(F)F)nc21. The number of rotatable bonds is 5. The van der Waals surface area contributed by atoms with Crippen LogP contribution in [-0.4, -0.2) is 66.6 Å². The normalized spacial score (nSPS) is 17.6. The maximum absolute atomic E-state index is 13.7. The Hall–Kier alpha value is -3.13. The van der Waals surface area contributed by atoms with Gasteiger partial charge in [0.15, 0.2) is 23.1 Å². The zero-order valence-corrected chi connectivity index (χ0v) is 15.7. The van der Waals surface area contributed by atoms with Crippen LogP contribution in [0.25, 0.3) is 11.2 Å². The van der Waals surface area contributed by atoms with Crippen molar-refractivity contribution in [3.05, 3.63) is 11.4 Å². The van der Waals surface area contributed by atoms with E-state index in [4.69, 9.17) is 4.74 Å². The molecule has 1 aliphatic rings. The number of hydrogen-bond donors (Lipinski definition) is 0. The van der Waals surface area contributed by atoms with Gasteiger partial charge in [0, 0.05) is 13.0 Å². The maximum Gasteiger partial charge on any atom is 0.425 e. The summed E-state index contributed by atoms with van der Waals surface area (Å²) in [7, 11) is 0. The van der Waals surface area contributed by atoms with Gasteiger partial charge in [-0.05, 0) is 13.8 Å². The van der Waals surface area contributed by atoms with E-state index < -0.39 is 37.2 Å². The molecule has 1 aliphatic heterocycles. The van der Waals surface area contributed by atoms with Crippen molar-refractivity contribution in [1.82, 2.24) is 35.3 Å². The topological polar surface area (TPSA) is 108 Å². The van der Waals surface area contributed by atoms with Gasteiger partial charge in [-0.2, -0.15) is 23.1 Å². The second-order valence-corrected chi connectivity index (χ2v) is 6.87. The minimum atomic E-state index is -4.67. The van der Waals surface area contributed by atoms with Gasteiger partial charge in [-0.1, -0.05) is 15.5 Å². The Morgan fingerprint density at radius 3 is 2.60 bits per heavy atom. The molecule has 1 atom stereocenters. The first-order chi connectivity index (χ1) is 14.0. The number of alkyl halides is 5. The van der Waals surface area contributed by atoms with Crippen LogP contribution in [0.4, 0.5) is 27.8 Å². The van der Waals surface area contributed by atoms with Gasteiger partial charge in [-0.15, -0.1) is 5.10 Å². The van der Waals surface area contributed by atoms with Crippen molar-refractivity contribution in [2.24, 2.45) is 0 Å². The molecule has 0 aliphatic carbocycles. The number of nitrogens with zero attached hydrogens (tertiary/aromatic N) is 8. The van der Waals surface area contributed by atoms with Crippen LogP contribution >= 0.6 is 0 Å². The minimum Gasteiger partial charge on any atom is -0.451 e. The molecule has 1 unspecified atom stereocenters. The molecule has 15 heteroatoms. The number of fused-ring (bicyclic) bond motifs is 1. The minimum absolute atomic E-state index is 0.00184. The van der Waals surface area contributed by atoms with Crippen LogP contribution in [0.2, 0.25) is 0 Å². The van der Waals surface area contributed by atoms with Gasteiger partial charge in [0.05, 0.1) is 13.1 Å². The van der Waals surface area contributed by atoms with E-state index in [0.717, 1.165) is 6.92 Å². The third kappa shape index (κ3) is 3.82. The first-order valence-corrected chi connectivity index (χ1v) is 8.79. The second kappa shape index (κ2) is 6.98. The van der Waals surface area contributed by atoms with Crippen LogP contribution in [0.3, 0.4) is 0 Å². The van der Waals surface area contributed by atoms with E-state index in [0.29, 0.717) is 11.4 Å². The zero-order valence-electron chi connectivity index (χ0n) is 15.7. The molecule has 0 amide bonds. The van der Waals surface area contributed by atoms with E-state index in [1.807, 2.05) is 0 Å². The Bertz CT molecular complexity index is 1070. The number of hydrogen-bond acceptors (Lipinski definition) is 9. The van der Waals surface area contributed by atoms with E-state index in [9.17, 15) is 22.0 Å². The van der Waals surface area contributed by atoms with Gasteiger partial charge in [0.25, 0.3) is 5.92 Å². The fourth-order valence-corrected chi connectivity index (χ4v) is 2.88. The van der Waals surface area contributed by atoms with Crippen molar-refractivity contribution in [2.75, 3.05) is 18.0 Å². The summed E-state index contributed by atoms with van der Waals surface area (Å²) < 4.78 is 76.9. The lowest BCUT2D eigenvalue weighted by atomic mass is 10.3. The molecule has 162 valence electrons. The molecule has 0 bridgehead atoms. The Labute approximate surface area is 165 Å². The molecule has 4 rings (SSSR count). The van der Waals surface area contributed by atoms with Crippen LogP contribution in [0, 0.1) is 6.92 Å². The van der Waals surface area contributed by atoms with Gasteiger partial charge < -0.3 is 9.64 Å². The molecule has 10 nitrogen and oxygen atoms in total. The number of halogens is 5. The zero-order chi connectivity index (χ0) is 21.7. The highest BCUT2D eigenvalue weighted by atomic mass is 19.4. The molecule has 0 radical (unpaired) electrons. The summed E-state index contributed by atoms with van der Waals surface area (Å²) in [6, 6.07) is -0.629. The highest BCUT2D eigenvalue weighted by Crippen LogP contribution is 2.34. The first-order valence-electron chi connectivity index (χ1n) is 8.79. The van der Waals surface area contributed by atoms with E-state index in [2.05, 4.69) is 35.2 Å². The molecule has 0 spiro atoms. The summed E-state index contributed by atoms with van der Waals surface area (Å²) in [4.78, 5) is 9.13. The maximum atomic E-state index is 13.7. The van der Waals surface area contributed by atoms with Crippen LogP contribution < -0.4 is 9.64 Å². The molecular weight excluding hydrogens is 419 g/mol. The van der Waals surface area contributed by atoms with Gasteiger partial charge in [0.1, 0.15) is 11.4 Å². The van der Waals surface area contributed by atoms with E-state index in [1.165, 1.54) is 9.58 Å². The van der Waals surface area contributed by atoms with Crippen molar-refractivity contribution >= 4 is 17.0 Å². The molecule has 4 heterocycles. The predicted octanol–water partition coefficient (Wildman–Crippen LogP) is 2.14. The lowest BCUT2D eigenvalue weighted by Crippen LogP contribution is -2.32. The average Bonchev–Trinajstić information content (AvgIpc) is 3.34. The average molecular weight is 434 g/mol. The van der Waals surface area contributed by atoms with Crippen molar-refractivity contribution in [2.45, 2.75) is 45.0 Å². The molecule has 0 N–H and O–H groups in total. The molecule has 3 aromatic rings. The summed E-state index contributed by atoms with van der Waals surface area (Å²) in [5.74, 6) is -3.04. The standard InChI is InChI=1S/C15H15F5N8O2/c1-7-9(25-30-24-7)5-28-12-10(23-26-28)11(27-4-3-14(16,17)6-27)21-13(22-12)29-8(2)15(18,19)20/h8H,3-6H2,1-2H3. The summed E-state index contributed by atoms with van der Waals surface area (Å²) in [5, 5.41) is 15.2. The Balaban J connectivity index is 1.77. The van der Waals surface area contributed by atoms with Crippen LogP contribution in [0.1, 0.15) is 24.7 Å². The second-order valence-electron chi connectivity index (χ2n) is 6.87. The third-order valence-corrected chi connectivity index (χ3v) is 4.58. The molecule has 1 fully saturated rings. The van der Waals surface area contributed by atoms with Crippen molar-refractivity contribution in [1.29, 1.82) is 0 Å². The van der Waals surface area contributed by atoms with Crippen molar-refractivity contribution in [3.8, 4) is 6.01 Å². The number of aryl methyl sites for hydroxylation is 1. The number of anilines is 1. The van der Waals surface area contributed by atoms with Gasteiger partial charge in [-0.25, -0.2) is 18.1 Å². The predicted molar refractivity (Wildman–Crippen MR) is 89.2 cm³/mol. The fourth-order valence-electron chi connectivity index (χ4n) is 2.88. The van der Waals surface area contributed by atoms with E-state index in [1.54, 1.807) is 6.92 Å². The number of aromatic nitrogens is 7. The summed E-state index contributed by atoms with van der Waals surface area (Å²) >= 11 is 0. The summed E-state index contributed by atoms with van der Waals surface area (Å²) in [6.07, 6.45) is -7.30. The number of ether oxygens (including phenoxy) is 1. The van der Waals surface area contributed by atoms with Crippen LogP contribution in [0.15, 0.2) is 4.63 Å². The van der Waals surface area contributed by atoms with Gasteiger partial charge >= 0.3 is 12.2 Å². The third-order valence-electron chi connectivity index (χ3n) is 4.58. The van der Waals surface area contributed by atoms with Crippen molar-refractivity contribution < 1.29 is 31.3 Å². The lowest BCUT2D eigenvalue weighted by Gasteiger charge is -2.20. The summed E-state index contributed by atoms with van der Waals surface area (Å²) in [6.45, 7) is 1.69. The molecule has 30 heavy (non-hydrogen) atoms. The Morgan fingerprint density at radius 1 is 1.23 bits per heavy atom. The van der Waals surface area contributed by atoms with Gasteiger partial charge in [0.2, 0.25) is 0 Å².